The molecule has 0 bridgehead atoms. The molecule has 0 saturated heterocycles. The number of aromatic nitrogens is 2. The number of aryl methyl sites for hydroxylation is 1. The van der Waals surface area contributed by atoms with Crippen LogP contribution in [0.5, 0.6) is 0 Å². The third-order valence-electron chi connectivity index (χ3n) is 4.60. The van der Waals surface area contributed by atoms with Gasteiger partial charge in [0.15, 0.2) is 6.61 Å². The van der Waals surface area contributed by atoms with E-state index in [4.69, 9.17) is 16.3 Å². The molecule has 0 saturated carbocycles. The topological polar surface area (TPSA) is 73.2 Å². The van der Waals surface area contributed by atoms with Crippen LogP contribution in [0, 0.1) is 13.8 Å². The summed E-state index contributed by atoms with van der Waals surface area (Å²) in [5, 5.41) is 7.64. The Morgan fingerprint density at radius 3 is 2.48 bits per heavy atom. The van der Waals surface area contributed by atoms with Gasteiger partial charge in [0.25, 0.3) is 5.91 Å². The molecule has 6 nitrogen and oxygen atoms in total. The molecule has 29 heavy (non-hydrogen) atoms. The van der Waals surface area contributed by atoms with Crippen LogP contribution in [0.25, 0.3) is 0 Å². The molecule has 0 spiro atoms. The summed E-state index contributed by atoms with van der Waals surface area (Å²) in [6.07, 6.45) is 0. The first-order valence-corrected chi connectivity index (χ1v) is 9.58. The summed E-state index contributed by atoms with van der Waals surface area (Å²) in [7, 11) is 0. The third kappa shape index (κ3) is 5.23. The van der Waals surface area contributed by atoms with Crippen LogP contribution in [0.4, 0.5) is 0 Å². The standard InChI is InChI=1S/C22H22ClN3O3/c1-15-19(16(2)26(25-15)13-17-8-4-3-5-9-17)12-24-21(27)14-29-22(28)18-10-6-7-11-20(18)23/h3-11H,12-14H2,1-2H3,(H,24,27). The molecule has 3 rings (SSSR count). The Morgan fingerprint density at radius 1 is 1.07 bits per heavy atom. The number of halogens is 1. The van der Waals surface area contributed by atoms with Gasteiger partial charge in [-0.05, 0) is 31.5 Å². The van der Waals surface area contributed by atoms with E-state index in [2.05, 4.69) is 10.4 Å². The number of hydrogen-bond acceptors (Lipinski definition) is 4. The number of nitrogens with one attached hydrogen (secondary N) is 1. The van der Waals surface area contributed by atoms with Gasteiger partial charge in [0.1, 0.15) is 0 Å². The van der Waals surface area contributed by atoms with Gasteiger partial charge in [-0.15, -0.1) is 0 Å². The molecule has 3 aromatic rings. The van der Waals surface area contributed by atoms with Crippen molar-refractivity contribution in [2.75, 3.05) is 6.61 Å². The van der Waals surface area contributed by atoms with Crippen LogP contribution < -0.4 is 5.32 Å². The lowest BCUT2D eigenvalue weighted by molar-refractivity contribution is -0.124. The van der Waals surface area contributed by atoms with E-state index in [0.29, 0.717) is 13.1 Å². The molecule has 0 aliphatic carbocycles. The summed E-state index contributed by atoms with van der Waals surface area (Å²) >= 11 is 5.96. The molecule has 0 radical (unpaired) electrons. The van der Waals surface area contributed by atoms with Crippen molar-refractivity contribution in [1.29, 1.82) is 0 Å². The molecule has 0 aliphatic rings. The van der Waals surface area contributed by atoms with Gasteiger partial charge < -0.3 is 10.1 Å². The van der Waals surface area contributed by atoms with E-state index in [1.165, 1.54) is 0 Å². The van der Waals surface area contributed by atoms with Crippen LogP contribution in [-0.4, -0.2) is 28.3 Å². The average Bonchev–Trinajstić information content (AvgIpc) is 2.98. The number of rotatable bonds is 7. The zero-order valence-corrected chi connectivity index (χ0v) is 17.1. The Hall–Kier alpha value is -3.12. The summed E-state index contributed by atoms with van der Waals surface area (Å²) in [6.45, 7) is 4.49. The van der Waals surface area contributed by atoms with E-state index >= 15 is 0 Å². The van der Waals surface area contributed by atoms with Crippen molar-refractivity contribution in [2.24, 2.45) is 0 Å². The minimum atomic E-state index is -0.631. The van der Waals surface area contributed by atoms with Crippen molar-refractivity contribution >= 4 is 23.5 Å². The summed E-state index contributed by atoms with van der Waals surface area (Å²) in [5.41, 5.74) is 4.18. The van der Waals surface area contributed by atoms with Crippen molar-refractivity contribution in [3.05, 3.63) is 87.7 Å². The van der Waals surface area contributed by atoms with E-state index in [1.54, 1.807) is 24.3 Å². The van der Waals surface area contributed by atoms with E-state index < -0.39 is 5.97 Å². The number of amides is 1. The molecule has 150 valence electrons. The van der Waals surface area contributed by atoms with Crippen LogP contribution in [0.15, 0.2) is 54.6 Å². The maximum atomic E-state index is 12.1. The van der Waals surface area contributed by atoms with Crippen molar-refractivity contribution in [3.63, 3.8) is 0 Å². The molecule has 1 heterocycles. The maximum absolute atomic E-state index is 12.1. The molecule has 0 fully saturated rings. The maximum Gasteiger partial charge on any atom is 0.340 e. The fourth-order valence-corrected chi connectivity index (χ4v) is 3.19. The number of ether oxygens (including phenoxy) is 1. The van der Waals surface area contributed by atoms with E-state index in [1.807, 2.05) is 48.9 Å². The summed E-state index contributed by atoms with van der Waals surface area (Å²) < 4.78 is 6.97. The molecule has 7 heteroatoms. The van der Waals surface area contributed by atoms with Gasteiger partial charge in [-0.25, -0.2) is 4.79 Å². The smallest absolute Gasteiger partial charge is 0.340 e. The highest BCUT2D eigenvalue weighted by Crippen LogP contribution is 2.16. The highest BCUT2D eigenvalue weighted by Gasteiger charge is 2.15. The molecular weight excluding hydrogens is 390 g/mol. The first kappa shape index (κ1) is 20.6. The fourth-order valence-electron chi connectivity index (χ4n) is 2.97. The van der Waals surface area contributed by atoms with Crippen LogP contribution in [0.1, 0.15) is 32.9 Å². The van der Waals surface area contributed by atoms with Gasteiger partial charge in [0.2, 0.25) is 0 Å². The number of carbonyl (C=O) groups is 2. The molecule has 0 aliphatic heterocycles. The normalized spacial score (nSPS) is 10.6. The van der Waals surface area contributed by atoms with E-state index in [-0.39, 0.29) is 23.1 Å². The highest BCUT2D eigenvalue weighted by atomic mass is 35.5. The monoisotopic (exact) mass is 411 g/mol. The van der Waals surface area contributed by atoms with E-state index in [0.717, 1.165) is 22.5 Å². The van der Waals surface area contributed by atoms with Gasteiger partial charge in [0, 0.05) is 17.8 Å². The van der Waals surface area contributed by atoms with Crippen molar-refractivity contribution in [2.45, 2.75) is 26.9 Å². The Kier molecular flexibility index (Phi) is 6.67. The lowest BCUT2D eigenvalue weighted by atomic mass is 10.2. The predicted molar refractivity (Wildman–Crippen MR) is 111 cm³/mol. The molecule has 0 unspecified atom stereocenters. The minimum Gasteiger partial charge on any atom is -0.452 e. The van der Waals surface area contributed by atoms with Gasteiger partial charge >= 0.3 is 5.97 Å². The summed E-state index contributed by atoms with van der Waals surface area (Å²) in [4.78, 5) is 24.1. The van der Waals surface area contributed by atoms with Crippen molar-refractivity contribution in [1.82, 2.24) is 15.1 Å². The zero-order chi connectivity index (χ0) is 20.8. The highest BCUT2D eigenvalue weighted by molar-refractivity contribution is 6.33. The lowest BCUT2D eigenvalue weighted by Crippen LogP contribution is -2.28. The third-order valence-corrected chi connectivity index (χ3v) is 4.93. The molecule has 2 aromatic carbocycles. The van der Waals surface area contributed by atoms with Gasteiger partial charge in [-0.2, -0.15) is 5.10 Å². The SMILES string of the molecule is Cc1nn(Cc2ccccc2)c(C)c1CNC(=O)COC(=O)c1ccccc1Cl. The van der Waals surface area contributed by atoms with Gasteiger partial charge in [-0.3, -0.25) is 9.48 Å². The molecular formula is C22H22ClN3O3. The van der Waals surface area contributed by atoms with Crippen LogP contribution >= 0.6 is 11.6 Å². The number of esters is 1. The van der Waals surface area contributed by atoms with Gasteiger partial charge in [-0.1, -0.05) is 54.1 Å². The minimum absolute atomic E-state index is 0.232. The van der Waals surface area contributed by atoms with Gasteiger partial charge in [0.05, 0.1) is 22.8 Å². The number of benzene rings is 2. The summed E-state index contributed by atoms with van der Waals surface area (Å²) in [5.74, 6) is -1.02. The molecule has 1 amide bonds. The fraction of sp³-hybridized carbons (Fsp3) is 0.227. The average molecular weight is 412 g/mol. The number of carbonyl (C=O) groups excluding carboxylic acids is 2. The second-order valence-electron chi connectivity index (χ2n) is 6.63. The second kappa shape index (κ2) is 9.39. The van der Waals surface area contributed by atoms with Crippen LogP contribution in [-0.2, 0) is 22.6 Å². The molecule has 1 aromatic heterocycles. The first-order chi connectivity index (χ1) is 14.0. The Labute approximate surface area is 174 Å². The zero-order valence-electron chi connectivity index (χ0n) is 16.3. The Bertz CT molecular complexity index is 1020. The van der Waals surface area contributed by atoms with E-state index in [9.17, 15) is 9.59 Å². The van der Waals surface area contributed by atoms with Crippen LogP contribution in [0.3, 0.4) is 0 Å². The largest absolute Gasteiger partial charge is 0.452 e. The first-order valence-electron chi connectivity index (χ1n) is 9.21. The van der Waals surface area contributed by atoms with Crippen molar-refractivity contribution in [3.8, 4) is 0 Å². The number of hydrogen-bond donors (Lipinski definition) is 1. The molecule has 1 N–H and O–H groups in total. The lowest BCUT2D eigenvalue weighted by Gasteiger charge is -2.08. The Morgan fingerprint density at radius 2 is 1.76 bits per heavy atom. The number of nitrogens with zero attached hydrogens (tertiary/aromatic N) is 2. The van der Waals surface area contributed by atoms with Crippen molar-refractivity contribution < 1.29 is 14.3 Å². The molecule has 0 atom stereocenters. The quantitative estimate of drug-likeness (QED) is 0.602. The summed E-state index contributed by atoms with van der Waals surface area (Å²) in [6, 6.07) is 16.6. The second-order valence-corrected chi connectivity index (χ2v) is 7.03. The predicted octanol–water partition coefficient (Wildman–Crippen LogP) is 3.67. The van der Waals surface area contributed by atoms with Crippen LogP contribution in [0.2, 0.25) is 5.02 Å². The Balaban J connectivity index is 1.55.